The highest BCUT2D eigenvalue weighted by Gasteiger charge is 2.40. The molecule has 1 aliphatic carbocycles. The van der Waals surface area contributed by atoms with Gasteiger partial charge in [0.2, 0.25) is 0 Å². The van der Waals surface area contributed by atoms with Crippen molar-refractivity contribution in [3.63, 3.8) is 0 Å². The molecule has 1 aromatic carbocycles. The van der Waals surface area contributed by atoms with Gasteiger partial charge in [-0.15, -0.1) is 0 Å². The van der Waals surface area contributed by atoms with E-state index in [9.17, 15) is 4.79 Å². The molecule has 5 nitrogen and oxygen atoms in total. The number of aromatic hydroxyl groups is 1. The van der Waals surface area contributed by atoms with Crippen molar-refractivity contribution in [3.8, 4) is 11.5 Å². The Balaban J connectivity index is 0.000000305. The van der Waals surface area contributed by atoms with Crippen LogP contribution in [0.15, 0.2) is 60.9 Å². The summed E-state index contributed by atoms with van der Waals surface area (Å²) in [6.07, 6.45) is 8.17. The minimum absolute atomic E-state index is 0.0768. The van der Waals surface area contributed by atoms with Gasteiger partial charge < -0.3 is 9.84 Å². The smallest absolute Gasteiger partial charge is 0.180 e. The van der Waals surface area contributed by atoms with E-state index in [1.807, 2.05) is 50.2 Å². The molecule has 6 heteroatoms. The number of benzene rings is 1. The summed E-state index contributed by atoms with van der Waals surface area (Å²) in [5.41, 5.74) is 2.46. The molecular formula is C26H29ClN2O3. The monoisotopic (exact) mass is 452 g/mol. The molecule has 2 heterocycles. The molecular weight excluding hydrogens is 424 g/mol. The lowest BCUT2D eigenvalue weighted by molar-refractivity contribution is -0.128. The van der Waals surface area contributed by atoms with Gasteiger partial charge in [0.05, 0.1) is 17.8 Å². The van der Waals surface area contributed by atoms with E-state index < -0.39 is 5.41 Å². The first-order valence-electron chi connectivity index (χ1n) is 10.9. The Kier molecular flexibility index (Phi) is 8.23. The number of aromatic nitrogens is 2. The first-order chi connectivity index (χ1) is 15.4. The quantitative estimate of drug-likeness (QED) is 0.514. The summed E-state index contributed by atoms with van der Waals surface area (Å²) in [7, 11) is 0. The molecule has 3 aromatic rings. The van der Waals surface area contributed by atoms with Crippen LogP contribution in [0.5, 0.6) is 11.5 Å². The maximum Gasteiger partial charge on any atom is 0.180 e. The number of ether oxygens (including phenoxy) is 1. The number of hydrogen-bond donors (Lipinski definition) is 1. The van der Waals surface area contributed by atoms with Gasteiger partial charge in [-0.3, -0.25) is 14.8 Å². The molecule has 1 saturated carbocycles. The number of rotatable bonds is 5. The van der Waals surface area contributed by atoms with Crippen molar-refractivity contribution < 1.29 is 14.6 Å². The third-order valence-corrected chi connectivity index (χ3v) is 6.04. The van der Waals surface area contributed by atoms with Gasteiger partial charge in [0.1, 0.15) is 18.1 Å². The normalized spacial score (nSPS) is 14.7. The largest absolute Gasteiger partial charge is 0.506 e. The summed E-state index contributed by atoms with van der Waals surface area (Å²) in [5.74, 6) is 0.997. The average Bonchev–Trinajstić information content (AvgIpc) is 2.82. The second-order valence-electron chi connectivity index (χ2n) is 8.15. The lowest BCUT2D eigenvalue weighted by Gasteiger charge is -2.36. The maximum atomic E-state index is 13.1. The standard InChI is InChI=1S/C20H22ClNO2.C6H7NO/c1-15-5-10-18(13-22-15)24-14-19(23)20(11-3-2-4-12-20)16-6-8-17(21)9-7-16;1-5-2-3-6(8)4-7-5/h5-10,13H,2-4,11-12,14H2,1H3;2-4,8H,1H3. The predicted molar refractivity (Wildman–Crippen MR) is 126 cm³/mol. The molecule has 0 aliphatic heterocycles. The van der Waals surface area contributed by atoms with Crippen LogP contribution in [-0.2, 0) is 10.2 Å². The van der Waals surface area contributed by atoms with Gasteiger partial charge in [-0.2, -0.15) is 0 Å². The van der Waals surface area contributed by atoms with Gasteiger partial charge in [0.15, 0.2) is 5.78 Å². The average molecular weight is 453 g/mol. The Labute approximate surface area is 194 Å². The van der Waals surface area contributed by atoms with Gasteiger partial charge in [-0.05, 0) is 68.7 Å². The number of hydrogen-bond acceptors (Lipinski definition) is 5. The minimum atomic E-state index is -0.443. The fraction of sp³-hybridized carbons (Fsp3) is 0.346. The van der Waals surface area contributed by atoms with Gasteiger partial charge in [-0.1, -0.05) is 43.0 Å². The second kappa shape index (κ2) is 11.1. The van der Waals surface area contributed by atoms with E-state index in [0.717, 1.165) is 42.6 Å². The number of carbonyl (C=O) groups excluding carboxylic acids is 1. The van der Waals surface area contributed by atoms with Crippen molar-refractivity contribution in [2.75, 3.05) is 6.61 Å². The van der Waals surface area contributed by atoms with Gasteiger partial charge >= 0.3 is 0 Å². The van der Waals surface area contributed by atoms with Crippen LogP contribution in [0.3, 0.4) is 0 Å². The van der Waals surface area contributed by atoms with E-state index in [-0.39, 0.29) is 18.1 Å². The molecule has 32 heavy (non-hydrogen) atoms. The Morgan fingerprint density at radius 3 is 2.09 bits per heavy atom. The topological polar surface area (TPSA) is 72.3 Å². The molecule has 1 N–H and O–H groups in total. The van der Waals surface area contributed by atoms with Crippen LogP contribution in [0, 0.1) is 13.8 Å². The summed E-state index contributed by atoms with van der Waals surface area (Å²) in [6, 6.07) is 14.8. The van der Waals surface area contributed by atoms with Crippen LogP contribution >= 0.6 is 11.6 Å². The van der Waals surface area contributed by atoms with Crippen molar-refractivity contribution in [1.29, 1.82) is 0 Å². The number of aryl methyl sites for hydroxylation is 2. The third kappa shape index (κ3) is 6.30. The minimum Gasteiger partial charge on any atom is -0.506 e. The SMILES string of the molecule is Cc1ccc(O)cn1.Cc1ccc(OCC(=O)C2(c3ccc(Cl)cc3)CCCCC2)cn1. The zero-order chi connectivity index (χ0) is 23.0. The lowest BCUT2D eigenvalue weighted by atomic mass is 9.67. The molecule has 0 saturated heterocycles. The molecule has 4 rings (SSSR count). The van der Waals surface area contributed by atoms with Crippen molar-refractivity contribution in [3.05, 3.63) is 82.9 Å². The van der Waals surface area contributed by atoms with E-state index in [2.05, 4.69) is 9.97 Å². The number of pyridine rings is 2. The molecule has 2 aromatic heterocycles. The first-order valence-corrected chi connectivity index (χ1v) is 11.2. The van der Waals surface area contributed by atoms with E-state index in [4.69, 9.17) is 21.4 Å². The fourth-order valence-corrected chi connectivity index (χ4v) is 4.07. The van der Waals surface area contributed by atoms with Crippen LogP contribution in [0.2, 0.25) is 5.02 Å². The summed E-state index contributed by atoms with van der Waals surface area (Å²) in [5, 5.41) is 9.39. The number of ketones is 1. The zero-order valence-electron chi connectivity index (χ0n) is 18.6. The molecule has 0 atom stereocenters. The van der Waals surface area contributed by atoms with Crippen molar-refractivity contribution >= 4 is 17.4 Å². The van der Waals surface area contributed by atoms with Gasteiger partial charge in [-0.25, -0.2) is 0 Å². The predicted octanol–water partition coefficient (Wildman–Crippen LogP) is 5.99. The van der Waals surface area contributed by atoms with Crippen molar-refractivity contribution in [2.24, 2.45) is 0 Å². The molecule has 0 radical (unpaired) electrons. The molecule has 0 unspecified atom stereocenters. The summed E-state index contributed by atoms with van der Waals surface area (Å²) >= 11 is 6.01. The zero-order valence-corrected chi connectivity index (χ0v) is 19.3. The summed E-state index contributed by atoms with van der Waals surface area (Å²) < 4.78 is 5.71. The van der Waals surface area contributed by atoms with Crippen molar-refractivity contribution in [1.82, 2.24) is 9.97 Å². The number of nitrogens with zero attached hydrogens (tertiary/aromatic N) is 2. The van der Waals surface area contributed by atoms with Crippen LogP contribution in [0.1, 0.15) is 49.1 Å². The number of carbonyl (C=O) groups is 1. The Morgan fingerprint density at radius 2 is 1.56 bits per heavy atom. The number of Topliss-reactive ketones (excluding diaryl/α,β-unsaturated/α-hetero) is 1. The van der Waals surface area contributed by atoms with E-state index >= 15 is 0 Å². The van der Waals surface area contributed by atoms with E-state index in [0.29, 0.717) is 10.8 Å². The number of halogens is 1. The lowest BCUT2D eigenvalue weighted by Crippen LogP contribution is -2.41. The van der Waals surface area contributed by atoms with Crippen molar-refractivity contribution in [2.45, 2.75) is 51.4 Å². The highest BCUT2D eigenvalue weighted by atomic mass is 35.5. The van der Waals surface area contributed by atoms with E-state index in [1.54, 1.807) is 18.3 Å². The second-order valence-corrected chi connectivity index (χ2v) is 8.59. The first kappa shape index (κ1) is 23.7. The molecule has 0 amide bonds. The van der Waals surface area contributed by atoms with Crippen LogP contribution in [-0.4, -0.2) is 27.5 Å². The molecule has 0 spiro atoms. The molecule has 0 bridgehead atoms. The summed E-state index contributed by atoms with van der Waals surface area (Å²) in [6.45, 7) is 3.87. The highest BCUT2D eigenvalue weighted by Crippen LogP contribution is 2.40. The summed E-state index contributed by atoms with van der Waals surface area (Å²) in [4.78, 5) is 21.1. The molecule has 1 aliphatic rings. The molecule has 1 fully saturated rings. The fourth-order valence-electron chi connectivity index (χ4n) is 3.94. The van der Waals surface area contributed by atoms with Crippen LogP contribution in [0.25, 0.3) is 0 Å². The van der Waals surface area contributed by atoms with E-state index in [1.165, 1.54) is 12.6 Å². The van der Waals surface area contributed by atoms with Crippen LogP contribution in [0.4, 0.5) is 0 Å². The van der Waals surface area contributed by atoms with Gasteiger partial charge in [0.25, 0.3) is 0 Å². The Morgan fingerprint density at radius 1 is 0.938 bits per heavy atom. The molecule has 168 valence electrons. The Hall–Kier alpha value is -2.92. The van der Waals surface area contributed by atoms with Gasteiger partial charge in [0, 0.05) is 16.4 Å². The third-order valence-electron chi connectivity index (χ3n) is 5.79. The maximum absolute atomic E-state index is 13.1. The Bertz CT molecular complexity index is 976. The highest BCUT2D eigenvalue weighted by molar-refractivity contribution is 6.30. The van der Waals surface area contributed by atoms with Crippen LogP contribution < -0.4 is 4.74 Å².